The summed E-state index contributed by atoms with van der Waals surface area (Å²) in [5, 5.41) is 0. The normalized spacial score (nSPS) is 10.9. The van der Waals surface area contributed by atoms with Crippen LogP contribution in [0.2, 0.25) is 0 Å². The van der Waals surface area contributed by atoms with Crippen LogP contribution in [-0.4, -0.2) is 6.16 Å². The van der Waals surface area contributed by atoms with E-state index in [1.807, 2.05) is 0 Å². The van der Waals surface area contributed by atoms with Crippen molar-refractivity contribution in [3.63, 3.8) is 0 Å². The van der Waals surface area contributed by atoms with Crippen LogP contribution < -0.4 is 0 Å². The lowest BCUT2D eigenvalue weighted by atomic mass is 10.1. The van der Waals surface area contributed by atoms with E-state index in [2.05, 4.69) is 13.8 Å². The van der Waals surface area contributed by atoms with Crippen molar-refractivity contribution in [3.05, 3.63) is 0 Å². The molecule has 0 radical (unpaired) electrons. The topological polar surface area (TPSA) is 17.1 Å². The van der Waals surface area contributed by atoms with Crippen LogP contribution in [0.3, 0.4) is 0 Å². The second kappa shape index (κ2) is 5.24. The van der Waals surface area contributed by atoms with Gasteiger partial charge in [0.15, 0.2) is 8.46 Å². The third-order valence-electron chi connectivity index (χ3n) is 1.49. The molecule has 0 aliphatic rings. The van der Waals surface area contributed by atoms with Gasteiger partial charge < -0.3 is 0 Å². The molecule has 0 aliphatic heterocycles. The first-order valence-electron chi connectivity index (χ1n) is 3.14. The minimum Gasteiger partial charge on any atom is -0.275 e. The molecule has 8 heavy (non-hydrogen) atoms. The zero-order valence-electron chi connectivity index (χ0n) is 5.55. The molecule has 0 atom stereocenters. The minimum absolute atomic E-state index is 0.305. The fourth-order valence-corrected chi connectivity index (χ4v) is 1.38. The Morgan fingerprint density at radius 3 is 2.00 bits per heavy atom. The van der Waals surface area contributed by atoms with Gasteiger partial charge in [-0.3, -0.25) is 4.57 Å². The summed E-state index contributed by atoms with van der Waals surface area (Å²) in [4.78, 5) is 0. The molecule has 0 rings (SSSR count). The van der Waals surface area contributed by atoms with Crippen LogP contribution in [-0.2, 0) is 4.57 Å². The maximum absolute atomic E-state index is 10.0. The Balaban J connectivity index is 3.20. The standard InChI is InChI=1S/C6H13OP/c1-3-6(4-2)5-8-7/h6H,3-5H2,1-2H3. The molecule has 0 bridgehead atoms. The van der Waals surface area contributed by atoms with Crippen molar-refractivity contribution in [2.75, 3.05) is 6.16 Å². The van der Waals surface area contributed by atoms with Crippen molar-refractivity contribution in [2.24, 2.45) is 5.92 Å². The lowest BCUT2D eigenvalue weighted by Crippen LogP contribution is -1.96. The monoisotopic (exact) mass is 132 g/mol. The van der Waals surface area contributed by atoms with Crippen LogP contribution in [0.25, 0.3) is 0 Å². The van der Waals surface area contributed by atoms with Gasteiger partial charge in [0, 0.05) is 6.16 Å². The van der Waals surface area contributed by atoms with Crippen molar-refractivity contribution in [1.82, 2.24) is 0 Å². The van der Waals surface area contributed by atoms with Gasteiger partial charge in [0.05, 0.1) is 0 Å². The molecule has 2 heteroatoms. The van der Waals surface area contributed by atoms with Crippen LogP contribution in [0.1, 0.15) is 26.7 Å². The number of hydrogen-bond acceptors (Lipinski definition) is 1. The summed E-state index contributed by atoms with van der Waals surface area (Å²) in [6.45, 7) is 4.28. The minimum atomic E-state index is 0.305. The zero-order valence-corrected chi connectivity index (χ0v) is 6.45. The maximum Gasteiger partial charge on any atom is 0.155 e. The van der Waals surface area contributed by atoms with E-state index in [1.165, 1.54) is 0 Å². The third kappa shape index (κ3) is 3.15. The van der Waals surface area contributed by atoms with Gasteiger partial charge >= 0.3 is 0 Å². The van der Waals surface area contributed by atoms with Gasteiger partial charge in [0.2, 0.25) is 0 Å². The highest BCUT2D eigenvalue weighted by Gasteiger charge is 2.00. The Hall–Kier alpha value is 0.100. The lowest BCUT2D eigenvalue weighted by Gasteiger charge is -2.03. The Labute approximate surface area is 52.7 Å². The molecule has 0 heterocycles. The molecule has 0 spiro atoms. The van der Waals surface area contributed by atoms with Crippen molar-refractivity contribution in [1.29, 1.82) is 0 Å². The van der Waals surface area contributed by atoms with Gasteiger partial charge in [0.25, 0.3) is 0 Å². The first-order chi connectivity index (χ1) is 3.85. The van der Waals surface area contributed by atoms with E-state index in [-0.39, 0.29) is 0 Å². The summed E-state index contributed by atoms with van der Waals surface area (Å²) in [5.41, 5.74) is 0. The summed E-state index contributed by atoms with van der Waals surface area (Å²) in [6, 6.07) is 0. The van der Waals surface area contributed by atoms with Crippen molar-refractivity contribution < 1.29 is 4.57 Å². The second-order valence-electron chi connectivity index (χ2n) is 1.99. The highest BCUT2D eigenvalue weighted by Crippen LogP contribution is 2.12. The van der Waals surface area contributed by atoms with Crippen LogP contribution in [0.4, 0.5) is 0 Å². The van der Waals surface area contributed by atoms with Crippen molar-refractivity contribution in [3.8, 4) is 0 Å². The quantitative estimate of drug-likeness (QED) is 0.537. The van der Waals surface area contributed by atoms with Crippen LogP contribution in [0, 0.1) is 5.92 Å². The fraction of sp³-hybridized carbons (Fsp3) is 1.00. The molecule has 0 aliphatic carbocycles. The molecule has 1 nitrogen and oxygen atoms in total. The van der Waals surface area contributed by atoms with Gasteiger partial charge in [-0.15, -0.1) is 0 Å². The smallest absolute Gasteiger partial charge is 0.155 e. The fourth-order valence-electron chi connectivity index (χ4n) is 0.652. The zero-order chi connectivity index (χ0) is 6.41. The first-order valence-corrected chi connectivity index (χ1v) is 4.14. The van der Waals surface area contributed by atoms with Gasteiger partial charge in [0.1, 0.15) is 0 Å². The van der Waals surface area contributed by atoms with E-state index < -0.39 is 0 Å². The molecular weight excluding hydrogens is 119 g/mol. The Morgan fingerprint density at radius 1 is 1.38 bits per heavy atom. The molecule has 0 saturated carbocycles. The Morgan fingerprint density at radius 2 is 1.88 bits per heavy atom. The highest BCUT2D eigenvalue weighted by molar-refractivity contribution is 7.23. The largest absolute Gasteiger partial charge is 0.275 e. The average molecular weight is 132 g/mol. The van der Waals surface area contributed by atoms with Gasteiger partial charge in [-0.2, -0.15) is 0 Å². The molecule has 0 unspecified atom stereocenters. The van der Waals surface area contributed by atoms with E-state index in [1.54, 1.807) is 0 Å². The summed E-state index contributed by atoms with van der Waals surface area (Å²) in [7, 11) is 0.305. The molecule has 0 amide bonds. The van der Waals surface area contributed by atoms with Crippen LogP contribution in [0.5, 0.6) is 0 Å². The van der Waals surface area contributed by atoms with Gasteiger partial charge in [-0.25, -0.2) is 0 Å². The van der Waals surface area contributed by atoms with Crippen LogP contribution in [0.15, 0.2) is 0 Å². The summed E-state index contributed by atoms with van der Waals surface area (Å²) < 4.78 is 10.0. The average Bonchev–Trinajstić information content (AvgIpc) is 1.83. The second-order valence-corrected chi connectivity index (χ2v) is 2.62. The van der Waals surface area contributed by atoms with Gasteiger partial charge in [-0.1, -0.05) is 26.7 Å². The Kier molecular flexibility index (Phi) is 5.31. The van der Waals surface area contributed by atoms with E-state index in [0.29, 0.717) is 14.4 Å². The first kappa shape index (κ1) is 8.10. The van der Waals surface area contributed by atoms with E-state index >= 15 is 0 Å². The summed E-state index contributed by atoms with van der Waals surface area (Å²) >= 11 is 0. The van der Waals surface area contributed by atoms with E-state index in [9.17, 15) is 4.57 Å². The maximum atomic E-state index is 10.0. The van der Waals surface area contributed by atoms with E-state index in [0.717, 1.165) is 19.0 Å². The van der Waals surface area contributed by atoms with Crippen LogP contribution >= 0.6 is 8.46 Å². The highest BCUT2D eigenvalue weighted by atomic mass is 31.1. The molecule has 0 aromatic carbocycles. The predicted octanol–water partition coefficient (Wildman–Crippen LogP) is 2.71. The SMILES string of the molecule is CCC(CC)CP=O. The molecular formula is C6H13OP. The summed E-state index contributed by atoms with van der Waals surface area (Å²) in [5.74, 6) is 0.675. The molecule has 0 saturated heterocycles. The van der Waals surface area contributed by atoms with Crippen molar-refractivity contribution >= 4 is 8.46 Å². The number of rotatable bonds is 4. The Bertz CT molecular complexity index is 59.5. The van der Waals surface area contributed by atoms with Gasteiger partial charge in [-0.05, 0) is 5.92 Å². The van der Waals surface area contributed by atoms with Crippen molar-refractivity contribution in [2.45, 2.75) is 26.7 Å². The molecule has 48 valence electrons. The number of hydrogen-bond donors (Lipinski definition) is 0. The molecule has 0 N–H and O–H groups in total. The lowest BCUT2D eigenvalue weighted by molar-refractivity contribution is 0.536. The molecule has 0 aromatic rings. The molecule has 0 fully saturated rings. The third-order valence-corrected chi connectivity index (χ3v) is 2.15. The summed E-state index contributed by atoms with van der Waals surface area (Å²) in [6.07, 6.45) is 3.16. The molecule has 0 aromatic heterocycles. The van der Waals surface area contributed by atoms with E-state index in [4.69, 9.17) is 0 Å². The predicted molar refractivity (Wildman–Crippen MR) is 36.5 cm³/mol.